The van der Waals surface area contributed by atoms with Crippen LogP contribution in [0.2, 0.25) is 5.02 Å². The van der Waals surface area contributed by atoms with Crippen LogP contribution in [0.15, 0.2) is 24.3 Å². The number of carboxylic acid groups (broad SMARTS) is 1. The van der Waals surface area contributed by atoms with Crippen LogP contribution in [-0.4, -0.2) is 23.7 Å². The molecule has 0 heterocycles. The third kappa shape index (κ3) is 5.04. The number of benzene rings is 1. The van der Waals surface area contributed by atoms with Crippen molar-refractivity contribution in [3.63, 3.8) is 0 Å². The second-order valence-electron chi connectivity index (χ2n) is 5.31. The molecule has 0 aliphatic heterocycles. The van der Waals surface area contributed by atoms with Gasteiger partial charge in [0.1, 0.15) is 6.54 Å². The predicted octanol–water partition coefficient (Wildman–Crippen LogP) is 4.45. The Balaban J connectivity index is 3.00. The molecule has 1 aromatic carbocycles. The second kappa shape index (κ2) is 8.15. The first-order valence-corrected chi connectivity index (χ1v) is 7.59. The summed E-state index contributed by atoms with van der Waals surface area (Å²) >= 11 is 6.03. The van der Waals surface area contributed by atoms with Crippen molar-refractivity contribution in [1.82, 2.24) is 0 Å². The van der Waals surface area contributed by atoms with Crippen LogP contribution >= 0.6 is 11.6 Å². The molecule has 0 radical (unpaired) electrons. The van der Waals surface area contributed by atoms with Gasteiger partial charge < -0.3 is 10.0 Å². The molecule has 4 heteroatoms. The number of nitrogens with zero attached hydrogens (tertiary/aromatic N) is 1. The van der Waals surface area contributed by atoms with Gasteiger partial charge in [-0.3, -0.25) is 4.79 Å². The molecule has 0 aliphatic rings. The molecule has 20 heavy (non-hydrogen) atoms. The monoisotopic (exact) mass is 297 g/mol. The van der Waals surface area contributed by atoms with Gasteiger partial charge in [-0.1, -0.05) is 44.9 Å². The lowest BCUT2D eigenvalue weighted by molar-refractivity contribution is -0.135. The minimum Gasteiger partial charge on any atom is -0.480 e. The molecule has 1 N–H and O–H groups in total. The molecule has 0 fully saturated rings. The molecule has 0 spiro atoms. The molecular formula is C16H24ClNO2. The summed E-state index contributed by atoms with van der Waals surface area (Å²) in [5, 5.41) is 9.81. The SMILES string of the molecule is CCC(C)CC(CC)N(CC(=O)O)c1cccc(Cl)c1. The van der Waals surface area contributed by atoms with Crippen molar-refractivity contribution >= 4 is 23.3 Å². The fourth-order valence-corrected chi connectivity index (χ4v) is 2.56. The quantitative estimate of drug-likeness (QED) is 0.771. The van der Waals surface area contributed by atoms with E-state index in [2.05, 4.69) is 20.8 Å². The largest absolute Gasteiger partial charge is 0.480 e. The van der Waals surface area contributed by atoms with E-state index in [9.17, 15) is 9.90 Å². The zero-order valence-corrected chi connectivity index (χ0v) is 13.2. The van der Waals surface area contributed by atoms with Crippen molar-refractivity contribution in [1.29, 1.82) is 0 Å². The van der Waals surface area contributed by atoms with Gasteiger partial charge in [0, 0.05) is 16.8 Å². The minimum atomic E-state index is -0.812. The molecule has 112 valence electrons. The van der Waals surface area contributed by atoms with E-state index in [4.69, 9.17) is 11.6 Å². The van der Waals surface area contributed by atoms with Crippen molar-refractivity contribution in [3.05, 3.63) is 29.3 Å². The number of halogens is 1. The molecule has 0 saturated carbocycles. The van der Waals surface area contributed by atoms with Gasteiger partial charge in [0.2, 0.25) is 0 Å². The minimum absolute atomic E-state index is 0.00921. The lowest BCUT2D eigenvalue weighted by Gasteiger charge is -2.33. The van der Waals surface area contributed by atoms with Crippen molar-refractivity contribution in [2.75, 3.05) is 11.4 Å². The summed E-state index contributed by atoms with van der Waals surface area (Å²) in [5.41, 5.74) is 0.884. The molecule has 3 nitrogen and oxygen atoms in total. The normalized spacial score (nSPS) is 13.8. The van der Waals surface area contributed by atoms with Gasteiger partial charge in [-0.25, -0.2) is 0 Å². The number of hydrogen-bond acceptors (Lipinski definition) is 2. The van der Waals surface area contributed by atoms with Crippen LogP contribution < -0.4 is 4.90 Å². The van der Waals surface area contributed by atoms with Gasteiger partial charge in [-0.2, -0.15) is 0 Å². The highest BCUT2D eigenvalue weighted by atomic mass is 35.5. The summed E-state index contributed by atoms with van der Waals surface area (Å²) in [5.74, 6) is -0.233. The van der Waals surface area contributed by atoms with Crippen molar-refractivity contribution in [3.8, 4) is 0 Å². The summed E-state index contributed by atoms with van der Waals surface area (Å²) in [6.07, 6.45) is 3.02. The van der Waals surface area contributed by atoms with Crippen molar-refractivity contribution in [2.45, 2.75) is 46.1 Å². The van der Waals surface area contributed by atoms with Gasteiger partial charge in [0.25, 0.3) is 0 Å². The van der Waals surface area contributed by atoms with Crippen LogP contribution in [0.3, 0.4) is 0 Å². The standard InChI is InChI=1S/C16H24ClNO2/c1-4-12(3)9-14(5-2)18(11-16(19)20)15-8-6-7-13(17)10-15/h6-8,10,12,14H,4-5,9,11H2,1-3H3,(H,19,20). The summed E-state index contributed by atoms with van der Waals surface area (Å²) in [6, 6.07) is 7.65. The average Bonchev–Trinajstić information content (AvgIpc) is 2.42. The molecule has 0 aromatic heterocycles. The van der Waals surface area contributed by atoms with Crippen molar-refractivity contribution in [2.24, 2.45) is 5.92 Å². The molecule has 0 saturated heterocycles. The zero-order chi connectivity index (χ0) is 15.1. The Hall–Kier alpha value is -1.22. The maximum absolute atomic E-state index is 11.2. The summed E-state index contributed by atoms with van der Waals surface area (Å²) in [6.45, 7) is 6.49. The highest BCUT2D eigenvalue weighted by Gasteiger charge is 2.21. The van der Waals surface area contributed by atoms with Crippen LogP contribution in [0, 0.1) is 5.92 Å². The topological polar surface area (TPSA) is 40.5 Å². The highest BCUT2D eigenvalue weighted by Crippen LogP contribution is 2.26. The number of rotatable bonds is 8. The summed E-state index contributed by atoms with van der Waals surface area (Å²) in [7, 11) is 0. The van der Waals surface area contributed by atoms with Crippen LogP contribution in [-0.2, 0) is 4.79 Å². The fourth-order valence-electron chi connectivity index (χ4n) is 2.38. The average molecular weight is 298 g/mol. The van der Waals surface area contributed by atoms with E-state index < -0.39 is 5.97 Å². The summed E-state index contributed by atoms with van der Waals surface area (Å²) in [4.78, 5) is 13.1. The molecule has 0 aliphatic carbocycles. The van der Waals surface area contributed by atoms with Crippen LogP contribution in [0.4, 0.5) is 5.69 Å². The Morgan fingerprint density at radius 2 is 2.05 bits per heavy atom. The lowest BCUT2D eigenvalue weighted by atomic mass is 9.96. The first-order valence-electron chi connectivity index (χ1n) is 7.21. The third-order valence-electron chi connectivity index (χ3n) is 3.73. The molecule has 0 amide bonds. The van der Waals surface area contributed by atoms with Gasteiger partial charge in [0.05, 0.1) is 0 Å². The van der Waals surface area contributed by atoms with Crippen molar-refractivity contribution < 1.29 is 9.90 Å². The Bertz CT molecular complexity index is 436. The molecule has 0 bridgehead atoms. The second-order valence-corrected chi connectivity index (χ2v) is 5.75. The number of carboxylic acids is 1. The number of carbonyl (C=O) groups is 1. The van der Waals surface area contributed by atoms with Crippen LogP contribution in [0.5, 0.6) is 0 Å². The molecule has 2 atom stereocenters. The highest BCUT2D eigenvalue weighted by molar-refractivity contribution is 6.30. The van der Waals surface area contributed by atoms with Gasteiger partial charge >= 0.3 is 5.97 Å². The fraction of sp³-hybridized carbons (Fsp3) is 0.562. The van der Waals surface area contributed by atoms with E-state index in [1.807, 2.05) is 23.1 Å². The number of anilines is 1. The number of hydrogen-bond donors (Lipinski definition) is 1. The molecule has 1 aromatic rings. The third-order valence-corrected chi connectivity index (χ3v) is 3.96. The maximum atomic E-state index is 11.2. The van der Waals surface area contributed by atoms with E-state index in [-0.39, 0.29) is 12.6 Å². The Morgan fingerprint density at radius 3 is 2.55 bits per heavy atom. The van der Waals surface area contributed by atoms with E-state index in [1.165, 1.54) is 0 Å². The smallest absolute Gasteiger partial charge is 0.323 e. The van der Waals surface area contributed by atoms with Gasteiger partial charge in [-0.05, 0) is 37.0 Å². The van der Waals surface area contributed by atoms with Gasteiger partial charge in [-0.15, -0.1) is 0 Å². The molecule has 1 rings (SSSR count). The van der Waals surface area contributed by atoms with Crippen LogP contribution in [0.1, 0.15) is 40.0 Å². The van der Waals surface area contributed by atoms with E-state index in [1.54, 1.807) is 6.07 Å². The van der Waals surface area contributed by atoms with E-state index in [0.29, 0.717) is 10.9 Å². The van der Waals surface area contributed by atoms with Gasteiger partial charge in [0.15, 0.2) is 0 Å². The first kappa shape index (κ1) is 16.8. The maximum Gasteiger partial charge on any atom is 0.323 e. The first-order chi connectivity index (χ1) is 9.47. The summed E-state index contributed by atoms with van der Waals surface area (Å²) < 4.78 is 0. The predicted molar refractivity (Wildman–Crippen MR) is 84.6 cm³/mol. The number of aliphatic carboxylic acids is 1. The lowest BCUT2D eigenvalue weighted by Crippen LogP contribution is -2.40. The Morgan fingerprint density at radius 1 is 1.35 bits per heavy atom. The molecular weight excluding hydrogens is 274 g/mol. The Labute approximate surface area is 126 Å². The van der Waals surface area contributed by atoms with Crippen LogP contribution in [0.25, 0.3) is 0 Å². The molecule has 2 unspecified atom stereocenters. The van der Waals surface area contributed by atoms with E-state index >= 15 is 0 Å². The Kier molecular flexibility index (Phi) is 6.86. The zero-order valence-electron chi connectivity index (χ0n) is 12.5. The van der Waals surface area contributed by atoms with E-state index in [0.717, 1.165) is 24.9 Å².